The summed E-state index contributed by atoms with van der Waals surface area (Å²) < 4.78 is 3.42. The largest absolute Gasteiger partial charge is 0.0620 e. The quantitative estimate of drug-likeness (QED) is 0.162. The van der Waals surface area contributed by atoms with Crippen molar-refractivity contribution in [3.8, 4) is 22.3 Å². The van der Waals surface area contributed by atoms with Crippen molar-refractivity contribution in [2.75, 3.05) is 0 Å². The Hall–Kier alpha value is -2.46. The van der Waals surface area contributed by atoms with Crippen LogP contribution in [0.15, 0.2) is 117 Å². The van der Waals surface area contributed by atoms with Crippen LogP contribution in [0.1, 0.15) is 61.1 Å². The highest BCUT2D eigenvalue weighted by molar-refractivity contribution is 9.11. The zero-order valence-corrected chi connectivity index (χ0v) is 27.9. The molecule has 0 spiro atoms. The van der Waals surface area contributed by atoms with E-state index >= 15 is 0 Å². The van der Waals surface area contributed by atoms with E-state index in [9.17, 15) is 0 Å². The highest BCUT2D eigenvalue weighted by Crippen LogP contribution is 2.50. The number of hydrogen-bond donors (Lipinski definition) is 0. The van der Waals surface area contributed by atoms with Gasteiger partial charge in [-0.15, -0.1) is 0 Å². The zero-order chi connectivity index (χ0) is 28.2. The van der Waals surface area contributed by atoms with Gasteiger partial charge in [0.2, 0.25) is 0 Å². The Bertz CT molecular complexity index is 1740. The Balaban J connectivity index is 0.000000151. The van der Waals surface area contributed by atoms with Crippen molar-refractivity contribution in [3.63, 3.8) is 0 Å². The van der Waals surface area contributed by atoms with Gasteiger partial charge in [0.15, 0.2) is 0 Å². The second-order valence-electron chi connectivity index (χ2n) is 11.8. The lowest BCUT2D eigenvalue weighted by Crippen LogP contribution is -2.26. The minimum Gasteiger partial charge on any atom is -0.0620 e. The predicted octanol–water partition coefficient (Wildman–Crippen LogP) is 11.9. The summed E-state index contributed by atoms with van der Waals surface area (Å²) >= 11 is 10.7. The Morgan fingerprint density at radius 1 is 0.450 bits per heavy atom. The molecule has 5 aromatic carbocycles. The fraction of sp³-hybridized carbons (Fsp3) is 0.189. The summed E-state index contributed by atoms with van der Waals surface area (Å²) in [5.74, 6) is 0. The summed E-state index contributed by atoms with van der Waals surface area (Å²) in [7, 11) is 0. The standard InChI is InChI=1S/C21H16Br2.C16H15Br/c1-21(2)19-11-14(13-3-6-15(22)7-4-13)5-9-17(19)18-10-8-16(23)12-20(18)21;1-16(2)14-6-4-3-5-11(14)9-12-7-8-13(17)10-15(12)16/h3-12H,1-2H3;3-8,10H,9H2,1-2H3. The van der Waals surface area contributed by atoms with E-state index in [0.29, 0.717) is 0 Å². The minimum absolute atomic E-state index is 0.0276. The fourth-order valence-corrected chi connectivity index (χ4v) is 7.44. The molecule has 2 aliphatic carbocycles. The first-order valence-electron chi connectivity index (χ1n) is 13.6. The third-order valence-corrected chi connectivity index (χ3v) is 10.1. The Morgan fingerprint density at radius 3 is 1.68 bits per heavy atom. The van der Waals surface area contributed by atoms with Crippen LogP contribution >= 0.6 is 47.8 Å². The number of benzene rings is 5. The van der Waals surface area contributed by atoms with Gasteiger partial charge in [-0.05, 0) is 105 Å². The first kappa shape index (κ1) is 27.7. The van der Waals surface area contributed by atoms with Crippen molar-refractivity contribution in [2.45, 2.75) is 44.9 Å². The topological polar surface area (TPSA) is 0 Å². The maximum atomic E-state index is 3.61. The Morgan fingerprint density at radius 2 is 0.950 bits per heavy atom. The highest BCUT2D eigenvalue weighted by atomic mass is 79.9. The van der Waals surface area contributed by atoms with Gasteiger partial charge < -0.3 is 0 Å². The SMILES string of the molecule is CC1(C)c2cc(Br)ccc2-c2ccc(-c3ccc(Br)cc3)cc21.CC1(C)c2ccccc2Cc2ccc(Br)cc21. The minimum atomic E-state index is 0.0276. The smallest absolute Gasteiger partial charge is 0.0178 e. The van der Waals surface area contributed by atoms with Crippen molar-refractivity contribution in [1.29, 1.82) is 0 Å². The molecule has 0 bridgehead atoms. The van der Waals surface area contributed by atoms with Crippen LogP contribution in [0.4, 0.5) is 0 Å². The molecule has 7 rings (SSSR count). The van der Waals surface area contributed by atoms with Crippen molar-refractivity contribution in [2.24, 2.45) is 0 Å². The molecule has 0 aliphatic heterocycles. The first-order valence-corrected chi connectivity index (χ1v) is 16.0. The van der Waals surface area contributed by atoms with Crippen molar-refractivity contribution < 1.29 is 0 Å². The Labute approximate surface area is 263 Å². The van der Waals surface area contributed by atoms with Crippen LogP contribution in [-0.4, -0.2) is 0 Å². The van der Waals surface area contributed by atoms with Crippen molar-refractivity contribution >= 4 is 47.8 Å². The number of fused-ring (bicyclic) bond motifs is 5. The maximum Gasteiger partial charge on any atom is 0.0178 e. The molecular weight excluding hydrogens is 684 g/mol. The second-order valence-corrected chi connectivity index (χ2v) is 14.6. The summed E-state index contributed by atoms with van der Waals surface area (Å²) in [6, 6.07) is 37.5. The first-order chi connectivity index (χ1) is 19.1. The normalized spacial score (nSPS) is 15.2. The van der Waals surface area contributed by atoms with Crippen LogP contribution in [0.3, 0.4) is 0 Å². The molecule has 0 N–H and O–H groups in total. The van der Waals surface area contributed by atoms with Gasteiger partial charge in [0.05, 0.1) is 0 Å². The predicted molar refractivity (Wildman–Crippen MR) is 180 cm³/mol. The third kappa shape index (κ3) is 4.85. The van der Waals surface area contributed by atoms with E-state index in [1.54, 1.807) is 0 Å². The molecule has 40 heavy (non-hydrogen) atoms. The van der Waals surface area contributed by atoms with Gasteiger partial charge in [0, 0.05) is 24.2 Å². The van der Waals surface area contributed by atoms with Crippen LogP contribution in [0.5, 0.6) is 0 Å². The van der Waals surface area contributed by atoms with Gasteiger partial charge >= 0.3 is 0 Å². The maximum absolute atomic E-state index is 3.61. The molecule has 2 aliphatic rings. The molecule has 0 aromatic heterocycles. The molecule has 0 radical (unpaired) electrons. The molecule has 200 valence electrons. The summed E-state index contributed by atoms with van der Waals surface area (Å²) in [6.45, 7) is 9.26. The van der Waals surface area contributed by atoms with Crippen molar-refractivity contribution in [3.05, 3.63) is 150 Å². The van der Waals surface area contributed by atoms with E-state index in [0.717, 1.165) is 15.4 Å². The molecule has 0 saturated heterocycles. The Kier molecular flexibility index (Phi) is 7.22. The van der Waals surface area contributed by atoms with E-state index < -0.39 is 0 Å². The van der Waals surface area contributed by atoms with Gasteiger partial charge in [-0.25, -0.2) is 0 Å². The molecule has 5 aromatic rings. The van der Waals surface area contributed by atoms with Crippen LogP contribution in [0, 0.1) is 0 Å². The summed E-state index contributed by atoms with van der Waals surface area (Å²) in [5.41, 5.74) is 14.0. The lowest BCUT2D eigenvalue weighted by molar-refractivity contribution is 0.610. The van der Waals surface area contributed by atoms with E-state index in [2.05, 4.69) is 179 Å². The van der Waals surface area contributed by atoms with Gasteiger partial charge in [-0.2, -0.15) is 0 Å². The van der Waals surface area contributed by atoms with Crippen LogP contribution in [-0.2, 0) is 17.3 Å². The molecule has 0 saturated carbocycles. The van der Waals surface area contributed by atoms with Gasteiger partial charge in [0.25, 0.3) is 0 Å². The van der Waals surface area contributed by atoms with Crippen LogP contribution in [0.25, 0.3) is 22.3 Å². The van der Waals surface area contributed by atoms with Crippen LogP contribution in [0.2, 0.25) is 0 Å². The van der Waals surface area contributed by atoms with Gasteiger partial charge in [-0.3, -0.25) is 0 Å². The molecule has 0 atom stereocenters. The monoisotopic (exact) mass is 712 g/mol. The third-order valence-electron chi connectivity index (χ3n) is 8.63. The fourth-order valence-electron chi connectivity index (χ4n) is 6.45. The van der Waals surface area contributed by atoms with Gasteiger partial charge in [-0.1, -0.05) is 136 Å². The van der Waals surface area contributed by atoms with E-state index in [1.165, 1.54) is 60.1 Å². The lowest BCUT2D eigenvalue weighted by Gasteiger charge is -2.35. The molecule has 0 fully saturated rings. The molecular formula is C37H31Br3. The number of rotatable bonds is 1. The van der Waals surface area contributed by atoms with E-state index in [4.69, 9.17) is 0 Å². The molecule has 3 heteroatoms. The van der Waals surface area contributed by atoms with E-state index in [-0.39, 0.29) is 10.8 Å². The molecule has 0 nitrogen and oxygen atoms in total. The molecule has 0 heterocycles. The molecule has 0 amide bonds. The summed E-state index contributed by atoms with van der Waals surface area (Å²) in [4.78, 5) is 0. The number of halogens is 3. The van der Waals surface area contributed by atoms with Crippen molar-refractivity contribution in [1.82, 2.24) is 0 Å². The highest BCUT2D eigenvalue weighted by Gasteiger charge is 2.35. The number of hydrogen-bond acceptors (Lipinski definition) is 0. The van der Waals surface area contributed by atoms with Crippen LogP contribution < -0.4 is 0 Å². The van der Waals surface area contributed by atoms with E-state index in [1.807, 2.05) is 0 Å². The zero-order valence-electron chi connectivity index (χ0n) is 23.2. The summed E-state index contributed by atoms with van der Waals surface area (Å²) in [6.07, 6.45) is 1.06. The lowest BCUT2D eigenvalue weighted by atomic mass is 9.69. The second kappa shape index (κ2) is 10.4. The average molecular weight is 715 g/mol. The average Bonchev–Trinajstić information content (AvgIpc) is 3.16. The van der Waals surface area contributed by atoms with Gasteiger partial charge in [0.1, 0.15) is 0 Å². The summed E-state index contributed by atoms with van der Waals surface area (Å²) in [5, 5.41) is 0. The molecule has 0 unspecified atom stereocenters.